The molecule has 0 aliphatic carbocycles. The van der Waals surface area contributed by atoms with Gasteiger partial charge in [0.05, 0.1) is 0 Å². The zero-order valence-electron chi connectivity index (χ0n) is 16.0. The fourth-order valence-corrected chi connectivity index (χ4v) is 9.28. The second kappa shape index (κ2) is 14.0. The molecule has 0 nitrogen and oxygen atoms in total. The molecule has 130 valence electrons. The van der Waals surface area contributed by atoms with Gasteiger partial charge in [0.2, 0.25) is 0 Å². The SMILES string of the molecule is CCCCC[PH](CCCCC)(CCCCC)CCC(C)C. The number of hydrogen-bond acceptors (Lipinski definition) is 0. The predicted molar refractivity (Wildman–Crippen MR) is 106 cm³/mol. The Balaban J connectivity index is 4.60. The Bertz CT molecular complexity index is 183. The van der Waals surface area contributed by atoms with E-state index in [1.807, 2.05) is 0 Å². The van der Waals surface area contributed by atoms with Crippen LogP contribution in [-0.2, 0) is 0 Å². The van der Waals surface area contributed by atoms with Crippen molar-refractivity contribution in [3.63, 3.8) is 0 Å². The normalized spacial score (nSPS) is 13.0. The van der Waals surface area contributed by atoms with Crippen LogP contribution in [-0.4, -0.2) is 24.6 Å². The quantitative estimate of drug-likeness (QED) is 0.219. The maximum atomic E-state index is 2.42. The van der Waals surface area contributed by atoms with Gasteiger partial charge in [0.15, 0.2) is 0 Å². The molecule has 1 heteroatoms. The van der Waals surface area contributed by atoms with Gasteiger partial charge in [-0.25, -0.2) is 0 Å². The van der Waals surface area contributed by atoms with Crippen LogP contribution in [0.15, 0.2) is 0 Å². The monoisotopic (exact) mass is 316 g/mol. The van der Waals surface area contributed by atoms with E-state index in [-0.39, 0.29) is 0 Å². The summed E-state index contributed by atoms with van der Waals surface area (Å²) in [7, 11) is -0.970. The van der Waals surface area contributed by atoms with Crippen LogP contribution in [0, 0.1) is 5.92 Å². The number of unbranched alkanes of at least 4 members (excludes halogenated alkanes) is 6. The molecular formula is C20H45P. The third-order valence-electron chi connectivity index (χ3n) is 5.18. The van der Waals surface area contributed by atoms with E-state index in [0.29, 0.717) is 0 Å². The van der Waals surface area contributed by atoms with Gasteiger partial charge < -0.3 is 0 Å². The average molecular weight is 317 g/mol. The molecule has 0 radical (unpaired) electrons. The van der Waals surface area contributed by atoms with Crippen molar-refractivity contribution in [2.45, 2.75) is 98.8 Å². The van der Waals surface area contributed by atoms with Gasteiger partial charge in [-0.1, -0.05) is 0 Å². The van der Waals surface area contributed by atoms with Gasteiger partial charge in [0.25, 0.3) is 0 Å². The molecule has 0 saturated heterocycles. The second-order valence-electron chi connectivity index (χ2n) is 7.80. The minimum atomic E-state index is -0.970. The van der Waals surface area contributed by atoms with Crippen LogP contribution in [0.1, 0.15) is 98.8 Å². The standard InChI is InChI=1S/C20H45P/c1-6-9-12-16-21(17-13-10-7-2,18-14-11-8-3)19-15-20(4)5/h20-21H,6-19H2,1-5H3. The summed E-state index contributed by atoms with van der Waals surface area (Å²) in [5.74, 6) is 0.903. The summed E-state index contributed by atoms with van der Waals surface area (Å²) in [5.41, 5.74) is 0. The molecule has 0 heterocycles. The predicted octanol–water partition coefficient (Wildman–Crippen LogP) is 7.35. The van der Waals surface area contributed by atoms with E-state index in [4.69, 9.17) is 0 Å². The van der Waals surface area contributed by atoms with Gasteiger partial charge in [-0.3, -0.25) is 0 Å². The molecule has 0 aromatic carbocycles. The van der Waals surface area contributed by atoms with Crippen molar-refractivity contribution in [2.24, 2.45) is 5.92 Å². The van der Waals surface area contributed by atoms with Crippen molar-refractivity contribution in [1.29, 1.82) is 0 Å². The fraction of sp³-hybridized carbons (Fsp3) is 1.00. The third-order valence-corrected chi connectivity index (χ3v) is 10.8. The van der Waals surface area contributed by atoms with Crippen LogP contribution < -0.4 is 0 Å². The van der Waals surface area contributed by atoms with Crippen LogP contribution in [0.2, 0.25) is 0 Å². The average Bonchev–Trinajstić information content (AvgIpc) is 2.46. The van der Waals surface area contributed by atoms with Gasteiger partial charge in [-0.2, -0.15) is 0 Å². The fourth-order valence-electron chi connectivity index (χ4n) is 3.59. The van der Waals surface area contributed by atoms with Gasteiger partial charge in [0.1, 0.15) is 0 Å². The van der Waals surface area contributed by atoms with E-state index >= 15 is 0 Å². The summed E-state index contributed by atoms with van der Waals surface area (Å²) in [6.07, 6.45) is 21.2. The van der Waals surface area contributed by atoms with Crippen molar-refractivity contribution in [3.05, 3.63) is 0 Å². The summed E-state index contributed by atoms with van der Waals surface area (Å²) in [6, 6.07) is 0. The van der Waals surface area contributed by atoms with Gasteiger partial charge in [-0.15, -0.1) is 0 Å². The molecule has 0 aliphatic heterocycles. The Morgan fingerprint density at radius 3 is 1.24 bits per heavy atom. The molecule has 0 amide bonds. The van der Waals surface area contributed by atoms with Crippen molar-refractivity contribution < 1.29 is 0 Å². The summed E-state index contributed by atoms with van der Waals surface area (Å²) in [6.45, 7) is 11.9. The molecular weight excluding hydrogens is 271 g/mol. The van der Waals surface area contributed by atoms with E-state index in [9.17, 15) is 0 Å². The molecule has 0 fully saturated rings. The van der Waals surface area contributed by atoms with Crippen LogP contribution in [0.4, 0.5) is 0 Å². The van der Waals surface area contributed by atoms with Crippen molar-refractivity contribution >= 4 is 7.26 Å². The molecule has 21 heavy (non-hydrogen) atoms. The minimum absolute atomic E-state index is 0.903. The topological polar surface area (TPSA) is 0 Å². The molecule has 0 spiro atoms. The first-order chi connectivity index (χ1) is 10.1. The number of rotatable bonds is 15. The summed E-state index contributed by atoms with van der Waals surface area (Å²) >= 11 is 0. The molecule has 0 bridgehead atoms. The van der Waals surface area contributed by atoms with E-state index in [1.165, 1.54) is 64.2 Å². The van der Waals surface area contributed by atoms with E-state index in [2.05, 4.69) is 34.6 Å². The Labute approximate surface area is 137 Å². The molecule has 0 atom stereocenters. The Hall–Kier alpha value is 0.430. The Morgan fingerprint density at radius 2 is 0.952 bits per heavy atom. The van der Waals surface area contributed by atoms with Crippen LogP contribution >= 0.6 is 7.26 Å². The first-order valence-electron chi connectivity index (χ1n) is 10.1. The van der Waals surface area contributed by atoms with Crippen LogP contribution in [0.3, 0.4) is 0 Å². The molecule has 0 aromatic rings. The maximum absolute atomic E-state index is 2.42. The van der Waals surface area contributed by atoms with Crippen molar-refractivity contribution in [3.8, 4) is 0 Å². The second-order valence-corrected chi connectivity index (χ2v) is 12.8. The molecule has 0 aromatic heterocycles. The van der Waals surface area contributed by atoms with E-state index < -0.39 is 7.26 Å². The van der Waals surface area contributed by atoms with Crippen LogP contribution in [0.5, 0.6) is 0 Å². The van der Waals surface area contributed by atoms with Crippen molar-refractivity contribution in [1.82, 2.24) is 0 Å². The van der Waals surface area contributed by atoms with Gasteiger partial charge in [-0.05, 0) is 0 Å². The first kappa shape index (κ1) is 21.4. The first-order valence-corrected chi connectivity index (χ1v) is 12.9. The Kier molecular flexibility index (Phi) is 14.3. The van der Waals surface area contributed by atoms with Crippen LogP contribution in [0.25, 0.3) is 0 Å². The molecule has 0 N–H and O–H groups in total. The third kappa shape index (κ3) is 11.6. The zero-order valence-corrected chi connectivity index (χ0v) is 17.0. The number of hydrogen-bond donors (Lipinski definition) is 0. The van der Waals surface area contributed by atoms with Gasteiger partial charge in [0, 0.05) is 0 Å². The summed E-state index contributed by atoms with van der Waals surface area (Å²) in [5, 5.41) is 0. The molecule has 0 unspecified atom stereocenters. The van der Waals surface area contributed by atoms with E-state index in [1.54, 1.807) is 24.6 Å². The molecule has 0 rings (SSSR count). The molecule has 0 aliphatic rings. The molecule has 0 saturated carbocycles. The Morgan fingerprint density at radius 1 is 0.571 bits per heavy atom. The summed E-state index contributed by atoms with van der Waals surface area (Å²) < 4.78 is 0. The van der Waals surface area contributed by atoms with E-state index in [0.717, 1.165) is 5.92 Å². The van der Waals surface area contributed by atoms with Gasteiger partial charge >= 0.3 is 137 Å². The zero-order chi connectivity index (χ0) is 16.0. The van der Waals surface area contributed by atoms with Crippen molar-refractivity contribution in [2.75, 3.05) is 24.6 Å². The summed E-state index contributed by atoms with van der Waals surface area (Å²) in [4.78, 5) is 0.